The van der Waals surface area contributed by atoms with Crippen LogP contribution in [0.25, 0.3) is 0 Å². The van der Waals surface area contributed by atoms with Crippen LogP contribution in [0.2, 0.25) is 0 Å². The molecule has 0 bridgehead atoms. The Balaban J connectivity index is 0.000000221. The summed E-state index contributed by atoms with van der Waals surface area (Å²) in [6.07, 6.45) is 11.9. The van der Waals surface area contributed by atoms with Gasteiger partial charge in [-0.25, -0.2) is 18.6 Å². The minimum absolute atomic E-state index is 1.11. The number of halogens is 1. The van der Waals surface area contributed by atoms with E-state index in [4.69, 9.17) is 18.6 Å². The number of hydrogen-bond donors (Lipinski definition) is 1. The van der Waals surface area contributed by atoms with Crippen molar-refractivity contribution in [1.29, 1.82) is 0 Å². The van der Waals surface area contributed by atoms with Crippen molar-refractivity contribution in [2.45, 2.75) is 0 Å². The SMILES string of the molecule is C1=C[N+](=Cc2ccc[nH]2)C=C1.[O-][Cl+3]([O-])([O-])[O-]. The first-order chi connectivity index (χ1) is 7.45. The van der Waals surface area contributed by atoms with Crippen LogP contribution in [0, 0.1) is 10.2 Å². The molecule has 0 amide bonds. The van der Waals surface area contributed by atoms with Crippen molar-refractivity contribution in [2.24, 2.45) is 0 Å². The molecule has 2 rings (SSSR count). The Bertz CT molecular complexity index is 384. The molecule has 7 heteroatoms. The topological polar surface area (TPSA) is 111 Å². The zero-order chi connectivity index (χ0) is 12.0. The average molecular weight is 245 g/mol. The van der Waals surface area contributed by atoms with Gasteiger partial charge in [-0.05, 0) is 12.1 Å². The largest absolute Gasteiger partial charge is 0.357 e. The van der Waals surface area contributed by atoms with E-state index >= 15 is 0 Å². The molecular weight excluding hydrogens is 236 g/mol. The van der Waals surface area contributed by atoms with E-state index < -0.39 is 10.2 Å². The van der Waals surface area contributed by atoms with Crippen LogP contribution in [0.4, 0.5) is 0 Å². The number of allylic oxidation sites excluding steroid dienone is 2. The number of nitrogens with one attached hydrogen (secondary N) is 1. The highest BCUT2D eigenvalue weighted by Gasteiger charge is 1.99. The number of aromatic nitrogens is 1. The molecule has 1 aromatic heterocycles. The van der Waals surface area contributed by atoms with E-state index in [1.165, 1.54) is 0 Å². The molecule has 16 heavy (non-hydrogen) atoms. The highest BCUT2D eigenvalue weighted by atomic mass is 35.7. The van der Waals surface area contributed by atoms with E-state index in [-0.39, 0.29) is 0 Å². The number of rotatable bonds is 1. The zero-order valence-corrected chi connectivity index (χ0v) is 8.83. The molecule has 86 valence electrons. The van der Waals surface area contributed by atoms with Crippen molar-refractivity contribution in [1.82, 2.24) is 4.98 Å². The second kappa shape index (κ2) is 5.59. The predicted molar refractivity (Wildman–Crippen MR) is 44.5 cm³/mol. The highest BCUT2D eigenvalue weighted by molar-refractivity contribution is 5.73. The maximum Gasteiger partial charge on any atom is 0.198 e. The predicted octanol–water partition coefficient (Wildman–Crippen LogP) is -3.27. The van der Waals surface area contributed by atoms with Gasteiger partial charge in [0, 0.05) is 18.3 Å². The third-order valence-corrected chi connectivity index (χ3v) is 1.54. The molecule has 6 nitrogen and oxygen atoms in total. The van der Waals surface area contributed by atoms with E-state index in [2.05, 4.69) is 4.98 Å². The van der Waals surface area contributed by atoms with Crippen LogP contribution in [0.1, 0.15) is 5.69 Å². The molecule has 1 N–H and O–H groups in total. The van der Waals surface area contributed by atoms with E-state index in [0.29, 0.717) is 0 Å². The van der Waals surface area contributed by atoms with Crippen molar-refractivity contribution in [3.8, 4) is 0 Å². The molecule has 1 aromatic rings. The maximum atomic E-state index is 8.49. The molecular formula is C9H9ClN2O4. The van der Waals surface area contributed by atoms with Gasteiger partial charge in [0.25, 0.3) is 0 Å². The normalized spacial score (nSPS) is 13.6. The van der Waals surface area contributed by atoms with Gasteiger partial charge in [0.2, 0.25) is 0 Å². The van der Waals surface area contributed by atoms with Crippen molar-refractivity contribution >= 4 is 6.21 Å². The fourth-order valence-electron chi connectivity index (χ4n) is 1.02. The first-order valence-corrected chi connectivity index (χ1v) is 5.41. The van der Waals surface area contributed by atoms with Gasteiger partial charge in [-0.3, -0.25) is 0 Å². The first-order valence-electron chi connectivity index (χ1n) is 4.17. The molecule has 1 aliphatic rings. The molecule has 0 unspecified atom stereocenters. The van der Waals surface area contributed by atoms with Gasteiger partial charge in [-0.2, -0.15) is 4.58 Å². The van der Waals surface area contributed by atoms with E-state index in [1.54, 1.807) is 0 Å². The summed E-state index contributed by atoms with van der Waals surface area (Å²) in [6.45, 7) is 0. The fraction of sp³-hybridized carbons (Fsp3) is 0. The van der Waals surface area contributed by atoms with E-state index in [1.807, 2.05) is 53.7 Å². The Labute approximate surface area is 93.8 Å². The van der Waals surface area contributed by atoms with Crippen LogP contribution in [0.3, 0.4) is 0 Å². The second-order valence-electron chi connectivity index (χ2n) is 2.76. The zero-order valence-electron chi connectivity index (χ0n) is 8.08. The molecule has 1 aliphatic heterocycles. The summed E-state index contributed by atoms with van der Waals surface area (Å²) < 4.78 is 36.0. The molecule has 0 radical (unpaired) electrons. The Hall–Kier alpha value is -1.44. The highest BCUT2D eigenvalue weighted by Crippen LogP contribution is 1.95. The summed E-state index contributed by atoms with van der Waals surface area (Å²) in [4.78, 5) is 3.10. The molecule has 0 fully saturated rings. The molecule has 0 saturated heterocycles. The van der Waals surface area contributed by atoms with Gasteiger partial charge in [-0.1, -0.05) is 0 Å². The van der Waals surface area contributed by atoms with Gasteiger partial charge < -0.3 is 4.98 Å². The minimum Gasteiger partial charge on any atom is -0.357 e. The lowest BCUT2D eigenvalue weighted by molar-refractivity contribution is -2.00. The summed E-state index contributed by atoms with van der Waals surface area (Å²) in [5.41, 5.74) is 1.11. The Morgan fingerprint density at radius 3 is 2.12 bits per heavy atom. The minimum atomic E-state index is -4.94. The van der Waals surface area contributed by atoms with Gasteiger partial charge in [0.05, 0.1) is 0 Å². The van der Waals surface area contributed by atoms with Crippen LogP contribution in [-0.2, 0) is 0 Å². The average Bonchev–Trinajstić information content (AvgIpc) is 2.74. The number of aromatic amines is 1. The van der Waals surface area contributed by atoms with Gasteiger partial charge in [0.1, 0.15) is 5.69 Å². The van der Waals surface area contributed by atoms with Gasteiger partial charge >= 0.3 is 0 Å². The number of hydrogen-bond acceptors (Lipinski definition) is 4. The Morgan fingerprint density at radius 2 is 1.69 bits per heavy atom. The van der Waals surface area contributed by atoms with Crippen molar-refractivity contribution in [3.05, 3.63) is 48.6 Å². The first kappa shape index (κ1) is 12.6. The van der Waals surface area contributed by atoms with Crippen LogP contribution >= 0.6 is 0 Å². The van der Waals surface area contributed by atoms with Crippen molar-refractivity contribution < 1.29 is 33.5 Å². The Kier molecular flexibility index (Phi) is 4.41. The maximum absolute atomic E-state index is 8.49. The summed E-state index contributed by atoms with van der Waals surface area (Å²) in [5.74, 6) is 0. The van der Waals surface area contributed by atoms with Crippen molar-refractivity contribution in [3.63, 3.8) is 0 Å². The molecule has 0 saturated carbocycles. The summed E-state index contributed by atoms with van der Waals surface area (Å²) >= 11 is 0. The lowest BCUT2D eigenvalue weighted by Gasteiger charge is -2.17. The molecule has 0 atom stereocenters. The van der Waals surface area contributed by atoms with Crippen LogP contribution in [0.15, 0.2) is 42.9 Å². The fourth-order valence-corrected chi connectivity index (χ4v) is 1.02. The third-order valence-electron chi connectivity index (χ3n) is 1.54. The molecule has 0 aromatic carbocycles. The standard InChI is InChI=1S/C9H8N2.ClHO4/c1-2-7-11(6-1)8-9-4-3-5-10-9;2-1(3,4)5/h1-8H;(H,2,3,4,5). The molecule has 0 aliphatic carbocycles. The summed E-state index contributed by atoms with van der Waals surface area (Å²) in [6, 6.07) is 4.01. The van der Waals surface area contributed by atoms with Gasteiger partial charge in [0.15, 0.2) is 18.6 Å². The second-order valence-corrected chi connectivity index (χ2v) is 3.52. The van der Waals surface area contributed by atoms with Gasteiger partial charge in [-0.15, -0.1) is 10.2 Å². The number of nitrogens with zero attached hydrogens (tertiary/aromatic N) is 1. The van der Waals surface area contributed by atoms with Crippen LogP contribution < -0.4 is 18.6 Å². The van der Waals surface area contributed by atoms with E-state index in [9.17, 15) is 0 Å². The number of H-pyrrole nitrogens is 1. The summed E-state index contributed by atoms with van der Waals surface area (Å²) in [7, 11) is -4.94. The lowest BCUT2D eigenvalue weighted by Crippen LogP contribution is -2.68. The Morgan fingerprint density at radius 1 is 1.12 bits per heavy atom. The molecule has 0 spiro atoms. The molecule has 2 heterocycles. The monoisotopic (exact) mass is 244 g/mol. The quantitative estimate of drug-likeness (QED) is 0.523. The van der Waals surface area contributed by atoms with E-state index in [0.717, 1.165) is 5.69 Å². The third kappa shape index (κ3) is 6.12. The van der Waals surface area contributed by atoms with Crippen LogP contribution in [-0.4, -0.2) is 15.8 Å². The summed E-state index contributed by atoms with van der Waals surface area (Å²) in [5, 5.41) is 0. The van der Waals surface area contributed by atoms with Crippen LogP contribution in [0.5, 0.6) is 0 Å². The lowest BCUT2D eigenvalue weighted by atomic mass is 10.5. The smallest absolute Gasteiger partial charge is 0.198 e. The van der Waals surface area contributed by atoms with Crippen molar-refractivity contribution in [2.75, 3.05) is 0 Å².